The SMILES string of the molecule is Fc1c(Br)cccc1OC1CNC1. The van der Waals surface area contributed by atoms with Crippen LogP contribution in [0.2, 0.25) is 0 Å². The van der Waals surface area contributed by atoms with Gasteiger partial charge in [0.1, 0.15) is 6.10 Å². The van der Waals surface area contributed by atoms with Crippen molar-refractivity contribution < 1.29 is 9.13 Å². The second-order valence-electron chi connectivity index (χ2n) is 2.95. The maximum Gasteiger partial charge on any atom is 0.179 e. The minimum atomic E-state index is -0.325. The number of rotatable bonds is 2. The summed E-state index contributed by atoms with van der Waals surface area (Å²) in [6.07, 6.45) is 0.115. The van der Waals surface area contributed by atoms with Gasteiger partial charge in [0.25, 0.3) is 0 Å². The van der Waals surface area contributed by atoms with Gasteiger partial charge in [0, 0.05) is 13.1 Å². The molecule has 0 aliphatic carbocycles. The van der Waals surface area contributed by atoms with Crippen LogP contribution in [-0.4, -0.2) is 19.2 Å². The molecule has 1 aromatic rings. The van der Waals surface area contributed by atoms with Crippen molar-refractivity contribution in [2.45, 2.75) is 6.10 Å². The molecule has 0 atom stereocenters. The molecule has 1 aliphatic heterocycles. The Morgan fingerprint density at radius 2 is 2.23 bits per heavy atom. The van der Waals surface area contributed by atoms with Crippen molar-refractivity contribution in [3.05, 3.63) is 28.5 Å². The Hall–Kier alpha value is -0.610. The molecule has 2 nitrogen and oxygen atoms in total. The van der Waals surface area contributed by atoms with Gasteiger partial charge < -0.3 is 10.1 Å². The van der Waals surface area contributed by atoms with E-state index in [0.29, 0.717) is 10.2 Å². The summed E-state index contributed by atoms with van der Waals surface area (Å²) in [6, 6.07) is 5.05. The van der Waals surface area contributed by atoms with Crippen molar-refractivity contribution in [1.82, 2.24) is 5.32 Å². The number of nitrogens with one attached hydrogen (secondary N) is 1. The Balaban J connectivity index is 2.14. The van der Waals surface area contributed by atoms with Gasteiger partial charge in [-0.25, -0.2) is 4.39 Å². The van der Waals surface area contributed by atoms with Crippen molar-refractivity contribution in [1.29, 1.82) is 0 Å². The van der Waals surface area contributed by atoms with Gasteiger partial charge in [0.15, 0.2) is 11.6 Å². The predicted octanol–water partition coefficient (Wildman–Crippen LogP) is 1.94. The van der Waals surface area contributed by atoms with Crippen molar-refractivity contribution in [3.63, 3.8) is 0 Å². The second kappa shape index (κ2) is 3.64. The van der Waals surface area contributed by atoms with E-state index in [1.165, 1.54) is 0 Å². The number of halogens is 2. The molecular formula is C9H9BrFNO. The Morgan fingerprint density at radius 1 is 1.46 bits per heavy atom. The van der Waals surface area contributed by atoms with E-state index < -0.39 is 0 Å². The molecule has 0 amide bonds. The van der Waals surface area contributed by atoms with Crippen LogP contribution in [0.5, 0.6) is 5.75 Å². The van der Waals surface area contributed by atoms with Gasteiger partial charge in [0.05, 0.1) is 4.47 Å². The fourth-order valence-electron chi connectivity index (χ4n) is 1.10. The summed E-state index contributed by atoms with van der Waals surface area (Å²) in [4.78, 5) is 0. The molecular weight excluding hydrogens is 237 g/mol. The standard InChI is InChI=1S/C9H9BrFNO/c10-7-2-1-3-8(9(7)11)13-6-4-12-5-6/h1-3,6,12H,4-5H2. The number of benzene rings is 1. The van der Waals surface area contributed by atoms with Crippen LogP contribution in [-0.2, 0) is 0 Å². The topological polar surface area (TPSA) is 21.3 Å². The molecule has 13 heavy (non-hydrogen) atoms. The molecule has 0 unspecified atom stereocenters. The molecule has 0 radical (unpaired) electrons. The number of hydrogen-bond donors (Lipinski definition) is 1. The van der Waals surface area contributed by atoms with Gasteiger partial charge in [-0.1, -0.05) is 6.07 Å². The van der Waals surface area contributed by atoms with Crippen molar-refractivity contribution in [2.75, 3.05) is 13.1 Å². The van der Waals surface area contributed by atoms with E-state index in [1.54, 1.807) is 18.2 Å². The van der Waals surface area contributed by atoms with Gasteiger partial charge in [-0.15, -0.1) is 0 Å². The van der Waals surface area contributed by atoms with E-state index in [2.05, 4.69) is 21.2 Å². The van der Waals surface area contributed by atoms with Gasteiger partial charge in [0.2, 0.25) is 0 Å². The van der Waals surface area contributed by atoms with E-state index in [-0.39, 0.29) is 11.9 Å². The smallest absolute Gasteiger partial charge is 0.179 e. The van der Waals surface area contributed by atoms with Gasteiger partial charge in [-0.3, -0.25) is 0 Å². The van der Waals surface area contributed by atoms with Crippen LogP contribution in [0.3, 0.4) is 0 Å². The molecule has 0 bridgehead atoms. The maximum atomic E-state index is 13.3. The maximum absolute atomic E-state index is 13.3. The fraction of sp³-hybridized carbons (Fsp3) is 0.333. The molecule has 2 rings (SSSR count). The molecule has 1 aromatic carbocycles. The molecule has 1 N–H and O–H groups in total. The lowest BCUT2D eigenvalue weighted by atomic mass is 10.2. The lowest BCUT2D eigenvalue weighted by Gasteiger charge is -2.27. The van der Waals surface area contributed by atoms with Crippen molar-refractivity contribution in [3.8, 4) is 5.75 Å². The predicted molar refractivity (Wildman–Crippen MR) is 51.4 cm³/mol. The Bertz CT molecular complexity index is 314. The van der Waals surface area contributed by atoms with Crippen LogP contribution in [0, 0.1) is 5.82 Å². The van der Waals surface area contributed by atoms with E-state index in [9.17, 15) is 4.39 Å². The third-order valence-corrected chi connectivity index (χ3v) is 2.57. The highest BCUT2D eigenvalue weighted by Crippen LogP contribution is 2.25. The monoisotopic (exact) mass is 245 g/mol. The fourth-order valence-corrected chi connectivity index (χ4v) is 1.45. The van der Waals surface area contributed by atoms with Gasteiger partial charge >= 0.3 is 0 Å². The van der Waals surface area contributed by atoms with E-state index >= 15 is 0 Å². The highest BCUT2D eigenvalue weighted by molar-refractivity contribution is 9.10. The average molecular weight is 246 g/mol. The quantitative estimate of drug-likeness (QED) is 0.860. The first kappa shape index (κ1) is 8.97. The van der Waals surface area contributed by atoms with Gasteiger partial charge in [-0.2, -0.15) is 0 Å². The summed E-state index contributed by atoms with van der Waals surface area (Å²) in [7, 11) is 0. The third-order valence-electron chi connectivity index (χ3n) is 1.95. The molecule has 70 valence electrons. The van der Waals surface area contributed by atoms with Crippen LogP contribution in [0.1, 0.15) is 0 Å². The van der Waals surface area contributed by atoms with Crippen molar-refractivity contribution >= 4 is 15.9 Å². The second-order valence-corrected chi connectivity index (χ2v) is 3.80. The summed E-state index contributed by atoms with van der Waals surface area (Å²) >= 11 is 3.11. The zero-order chi connectivity index (χ0) is 9.26. The molecule has 1 heterocycles. The summed E-state index contributed by atoms with van der Waals surface area (Å²) < 4.78 is 19.2. The molecule has 4 heteroatoms. The van der Waals surface area contributed by atoms with E-state index in [0.717, 1.165) is 13.1 Å². The average Bonchev–Trinajstić information content (AvgIpc) is 2.04. The number of ether oxygens (including phenoxy) is 1. The van der Waals surface area contributed by atoms with Crippen LogP contribution >= 0.6 is 15.9 Å². The van der Waals surface area contributed by atoms with Crippen LogP contribution < -0.4 is 10.1 Å². The molecule has 0 saturated carbocycles. The lowest BCUT2D eigenvalue weighted by molar-refractivity contribution is 0.136. The summed E-state index contributed by atoms with van der Waals surface area (Å²) in [5.41, 5.74) is 0. The first-order valence-electron chi connectivity index (χ1n) is 4.09. The molecule has 1 fully saturated rings. The number of hydrogen-bond acceptors (Lipinski definition) is 2. The zero-order valence-corrected chi connectivity index (χ0v) is 8.47. The third kappa shape index (κ3) is 1.84. The first-order valence-corrected chi connectivity index (χ1v) is 4.88. The van der Waals surface area contributed by atoms with Crippen molar-refractivity contribution in [2.24, 2.45) is 0 Å². The largest absolute Gasteiger partial charge is 0.485 e. The van der Waals surface area contributed by atoms with Gasteiger partial charge in [-0.05, 0) is 28.1 Å². The first-order chi connectivity index (χ1) is 6.27. The highest BCUT2D eigenvalue weighted by Gasteiger charge is 2.20. The molecule has 0 spiro atoms. The Labute approximate surface area is 84.2 Å². The minimum absolute atomic E-state index is 0.115. The van der Waals surface area contributed by atoms with Crippen LogP contribution in [0.4, 0.5) is 4.39 Å². The Morgan fingerprint density at radius 3 is 2.85 bits per heavy atom. The normalized spacial score (nSPS) is 16.8. The molecule has 0 aromatic heterocycles. The summed E-state index contributed by atoms with van der Waals surface area (Å²) in [5.74, 6) is -0.00437. The molecule has 1 saturated heterocycles. The van der Waals surface area contributed by atoms with Crippen LogP contribution in [0.15, 0.2) is 22.7 Å². The van der Waals surface area contributed by atoms with Crippen LogP contribution in [0.25, 0.3) is 0 Å². The summed E-state index contributed by atoms with van der Waals surface area (Å²) in [5, 5.41) is 3.06. The van der Waals surface area contributed by atoms with E-state index in [1.807, 2.05) is 0 Å². The van der Waals surface area contributed by atoms with E-state index in [4.69, 9.17) is 4.74 Å². The zero-order valence-electron chi connectivity index (χ0n) is 6.89. The highest BCUT2D eigenvalue weighted by atomic mass is 79.9. The summed E-state index contributed by atoms with van der Waals surface area (Å²) in [6.45, 7) is 1.60. The minimum Gasteiger partial charge on any atom is -0.485 e. The molecule has 1 aliphatic rings. The lowest BCUT2D eigenvalue weighted by Crippen LogP contribution is -2.50. The Kier molecular flexibility index (Phi) is 2.51.